The minimum absolute atomic E-state index is 0.0559. The number of ether oxygens (including phenoxy) is 1. The highest BCUT2D eigenvalue weighted by Crippen LogP contribution is 2.22. The average Bonchev–Trinajstić information content (AvgIpc) is 2.21. The third-order valence-corrected chi connectivity index (χ3v) is 2.14. The van der Waals surface area contributed by atoms with Crippen LogP contribution in [0.15, 0.2) is 0 Å². The average molecular weight is 254 g/mol. The zero-order valence-electron chi connectivity index (χ0n) is 9.99. The highest BCUT2D eigenvalue weighted by Gasteiger charge is 2.41. The third-order valence-electron chi connectivity index (χ3n) is 2.14. The Morgan fingerprint density at radius 1 is 1.29 bits per heavy atom. The van der Waals surface area contributed by atoms with E-state index in [0.29, 0.717) is 12.8 Å². The number of hydrogen-bond donors (Lipinski definition) is 2. The van der Waals surface area contributed by atoms with Gasteiger partial charge in [0.1, 0.15) is 0 Å². The maximum absolute atomic E-state index is 13.0. The fraction of sp³-hybridized carbons (Fsp3) is 0.909. The van der Waals surface area contributed by atoms with E-state index in [0.717, 1.165) is 12.8 Å². The smallest absolute Gasteiger partial charge is 0.377 e. The number of esters is 1. The van der Waals surface area contributed by atoms with Gasteiger partial charge in [-0.15, -0.1) is 0 Å². The van der Waals surface area contributed by atoms with Crippen LogP contribution in [0.25, 0.3) is 0 Å². The maximum atomic E-state index is 13.0. The fourth-order valence-corrected chi connectivity index (χ4v) is 1.29. The molecule has 0 aliphatic carbocycles. The van der Waals surface area contributed by atoms with Gasteiger partial charge in [0.2, 0.25) is 0 Å². The predicted octanol–water partition coefficient (Wildman–Crippen LogP) is 1.49. The molecule has 0 bridgehead atoms. The first-order chi connectivity index (χ1) is 7.90. The van der Waals surface area contributed by atoms with Crippen molar-refractivity contribution in [3.05, 3.63) is 0 Å². The molecule has 102 valence electrons. The van der Waals surface area contributed by atoms with Crippen LogP contribution >= 0.6 is 0 Å². The molecule has 0 heterocycles. The van der Waals surface area contributed by atoms with E-state index < -0.39 is 24.4 Å². The lowest BCUT2D eigenvalue weighted by Crippen LogP contribution is -2.34. The summed E-state index contributed by atoms with van der Waals surface area (Å²) in [5.74, 6) is -5.21. The first kappa shape index (κ1) is 16.2. The molecule has 0 aromatic carbocycles. The second kappa shape index (κ2) is 8.36. The van der Waals surface area contributed by atoms with E-state index in [1.807, 2.05) is 0 Å². The quantitative estimate of drug-likeness (QED) is 0.483. The van der Waals surface area contributed by atoms with Crippen molar-refractivity contribution in [1.82, 2.24) is 0 Å². The molecular weight excluding hydrogens is 234 g/mol. The summed E-state index contributed by atoms with van der Waals surface area (Å²) in [7, 11) is 0. The summed E-state index contributed by atoms with van der Waals surface area (Å²) in [6, 6.07) is 0. The van der Waals surface area contributed by atoms with Crippen molar-refractivity contribution in [2.45, 2.75) is 51.1 Å². The van der Waals surface area contributed by atoms with Crippen LogP contribution in [-0.4, -0.2) is 41.4 Å². The summed E-state index contributed by atoms with van der Waals surface area (Å²) < 4.78 is 30.5. The fourth-order valence-electron chi connectivity index (χ4n) is 1.29. The normalized spacial score (nSPS) is 13.5. The minimum Gasteiger partial charge on any atom is -0.461 e. The van der Waals surface area contributed by atoms with E-state index in [1.54, 1.807) is 0 Å². The van der Waals surface area contributed by atoms with Crippen molar-refractivity contribution in [3.8, 4) is 0 Å². The second-order valence-corrected chi connectivity index (χ2v) is 4.03. The molecule has 0 fully saturated rings. The Morgan fingerprint density at radius 2 is 1.88 bits per heavy atom. The molecule has 17 heavy (non-hydrogen) atoms. The van der Waals surface area contributed by atoms with E-state index in [9.17, 15) is 13.6 Å². The molecule has 0 radical (unpaired) electrons. The summed E-state index contributed by atoms with van der Waals surface area (Å²) in [6.07, 6.45) is 0.481. The van der Waals surface area contributed by atoms with Crippen molar-refractivity contribution in [3.63, 3.8) is 0 Å². The van der Waals surface area contributed by atoms with Crippen molar-refractivity contribution in [2.24, 2.45) is 0 Å². The molecule has 0 rings (SSSR count). The van der Waals surface area contributed by atoms with Gasteiger partial charge in [-0.25, -0.2) is 4.79 Å². The molecule has 0 spiro atoms. The van der Waals surface area contributed by atoms with Crippen LogP contribution in [0.5, 0.6) is 0 Å². The summed E-state index contributed by atoms with van der Waals surface area (Å²) in [4.78, 5) is 11.0. The van der Waals surface area contributed by atoms with Gasteiger partial charge in [-0.3, -0.25) is 0 Å². The molecule has 0 saturated heterocycles. The van der Waals surface area contributed by atoms with Crippen LogP contribution in [0, 0.1) is 0 Å². The highest BCUT2D eigenvalue weighted by atomic mass is 19.3. The molecule has 4 nitrogen and oxygen atoms in total. The number of alkyl halides is 2. The van der Waals surface area contributed by atoms with E-state index in [4.69, 9.17) is 10.2 Å². The van der Waals surface area contributed by atoms with Crippen molar-refractivity contribution < 1.29 is 28.5 Å². The first-order valence-corrected chi connectivity index (χ1v) is 5.74. The number of rotatable bonds is 9. The van der Waals surface area contributed by atoms with Gasteiger partial charge in [0, 0.05) is 13.0 Å². The van der Waals surface area contributed by atoms with E-state index >= 15 is 0 Å². The van der Waals surface area contributed by atoms with Crippen molar-refractivity contribution in [1.29, 1.82) is 0 Å². The lowest BCUT2D eigenvalue weighted by atomic mass is 10.1. The molecule has 0 aromatic heterocycles. The van der Waals surface area contributed by atoms with Crippen molar-refractivity contribution in [2.75, 3.05) is 13.2 Å². The lowest BCUT2D eigenvalue weighted by Gasteiger charge is -2.16. The SMILES string of the molecule is CC(O)CC(F)(F)C(=O)OCCCCCCO. The molecule has 2 N–H and O–H groups in total. The number of carbonyl (C=O) groups excluding carboxylic acids is 1. The monoisotopic (exact) mass is 254 g/mol. The van der Waals surface area contributed by atoms with E-state index in [2.05, 4.69) is 4.74 Å². The largest absolute Gasteiger partial charge is 0.461 e. The van der Waals surface area contributed by atoms with Crippen LogP contribution < -0.4 is 0 Å². The highest BCUT2D eigenvalue weighted by molar-refractivity contribution is 5.77. The van der Waals surface area contributed by atoms with Gasteiger partial charge in [0.05, 0.1) is 12.7 Å². The number of hydrogen-bond acceptors (Lipinski definition) is 4. The van der Waals surface area contributed by atoms with Gasteiger partial charge >= 0.3 is 11.9 Å². The Bertz CT molecular complexity index is 220. The Hall–Kier alpha value is -0.750. The Labute approximate surface area is 99.6 Å². The van der Waals surface area contributed by atoms with Crippen molar-refractivity contribution >= 4 is 5.97 Å². The van der Waals surface area contributed by atoms with Crippen LogP contribution in [0.2, 0.25) is 0 Å². The van der Waals surface area contributed by atoms with E-state index in [1.165, 1.54) is 6.92 Å². The van der Waals surface area contributed by atoms with Crippen LogP contribution in [0.1, 0.15) is 39.0 Å². The number of aliphatic hydroxyl groups excluding tert-OH is 2. The molecule has 0 saturated carbocycles. The molecule has 1 unspecified atom stereocenters. The molecule has 1 atom stereocenters. The Balaban J connectivity index is 3.70. The van der Waals surface area contributed by atoms with Gasteiger partial charge in [0.25, 0.3) is 0 Å². The summed E-state index contributed by atoms with van der Waals surface area (Å²) in [5.41, 5.74) is 0. The van der Waals surface area contributed by atoms with Crippen LogP contribution in [0.3, 0.4) is 0 Å². The Morgan fingerprint density at radius 3 is 2.41 bits per heavy atom. The van der Waals surface area contributed by atoms with Gasteiger partial charge < -0.3 is 14.9 Å². The standard InChI is InChI=1S/C11H20F2O4/c1-9(15)8-11(12,13)10(16)17-7-5-3-2-4-6-14/h9,14-15H,2-8H2,1H3. The van der Waals surface area contributed by atoms with Gasteiger partial charge in [0.15, 0.2) is 0 Å². The first-order valence-electron chi connectivity index (χ1n) is 5.74. The van der Waals surface area contributed by atoms with E-state index in [-0.39, 0.29) is 13.2 Å². The molecule has 0 amide bonds. The second-order valence-electron chi connectivity index (χ2n) is 4.03. The van der Waals surface area contributed by atoms with Gasteiger partial charge in [-0.2, -0.15) is 8.78 Å². The zero-order valence-corrected chi connectivity index (χ0v) is 9.99. The maximum Gasteiger partial charge on any atom is 0.377 e. The molecule has 0 aliphatic heterocycles. The minimum atomic E-state index is -3.63. The summed E-state index contributed by atoms with van der Waals surface area (Å²) >= 11 is 0. The number of halogens is 2. The lowest BCUT2D eigenvalue weighted by molar-refractivity contribution is -0.175. The molecular formula is C11H20F2O4. The van der Waals surface area contributed by atoms with Gasteiger partial charge in [-0.1, -0.05) is 6.42 Å². The van der Waals surface area contributed by atoms with Crippen LogP contribution in [-0.2, 0) is 9.53 Å². The topological polar surface area (TPSA) is 66.8 Å². The van der Waals surface area contributed by atoms with Crippen LogP contribution in [0.4, 0.5) is 8.78 Å². The molecule has 6 heteroatoms. The zero-order chi connectivity index (χ0) is 13.3. The molecule has 0 aromatic rings. The number of aliphatic hydroxyl groups is 2. The number of carbonyl (C=O) groups is 1. The third kappa shape index (κ3) is 8.04. The summed E-state index contributed by atoms with van der Waals surface area (Å²) in [5, 5.41) is 17.3. The summed E-state index contributed by atoms with van der Waals surface area (Å²) in [6.45, 7) is 1.24. The predicted molar refractivity (Wildman–Crippen MR) is 57.8 cm³/mol. The number of unbranched alkanes of at least 4 members (excludes halogenated alkanes) is 3. The molecule has 0 aliphatic rings. The van der Waals surface area contributed by atoms with Gasteiger partial charge in [-0.05, 0) is 26.2 Å². The Kier molecular flexibility index (Phi) is 7.99.